The minimum atomic E-state index is 0.0165. The number of hydrogen-bond donors (Lipinski definition) is 1. The molecule has 0 saturated heterocycles. The van der Waals surface area contributed by atoms with Crippen LogP contribution in [0.2, 0.25) is 5.02 Å². The summed E-state index contributed by atoms with van der Waals surface area (Å²) in [5.74, 6) is 0.0165. The summed E-state index contributed by atoms with van der Waals surface area (Å²) >= 11 is 6.03. The first-order chi connectivity index (χ1) is 10.1. The molecule has 1 aliphatic carbocycles. The molecule has 4 heteroatoms. The van der Waals surface area contributed by atoms with E-state index in [0.29, 0.717) is 11.3 Å². The molecule has 1 amide bonds. The first-order valence-electron chi connectivity index (χ1n) is 6.97. The molecule has 3 nitrogen and oxygen atoms in total. The standard InChI is InChI=1S/C17H17ClN2O/c1-20(17(21)11-2-6-14(19)7-3-11)16-9-4-12-10-13(18)5-8-15(12)16/h2-3,5-8,10,16H,4,9,19H2,1H3/t16-/m1/s1. The van der Waals surface area contributed by atoms with Crippen molar-refractivity contribution in [3.05, 3.63) is 64.2 Å². The van der Waals surface area contributed by atoms with Crippen molar-refractivity contribution in [1.82, 2.24) is 4.90 Å². The van der Waals surface area contributed by atoms with Crippen LogP contribution in [0.25, 0.3) is 0 Å². The molecule has 1 atom stereocenters. The molecule has 108 valence electrons. The van der Waals surface area contributed by atoms with Gasteiger partial charge in [-0.3, -0.25) is 4.79 Å². The Hall–Kier alpha value is -2.00. The van der Waals surface area contributed by atoms with Crippen LogP contribution in [0.1, 0.15) is 33.9 Å². The Morgan fingerprint density at radius 2 is 1.95 bits per heavy atom. The van der Waals surface area contributed by atoms with Gasteiger partial charge in [0.1, 0.15) is 0 Å². The van der Waals surface area contributed by atoms with Crippen molar-refractivity contribution in [2.75, 3.05) is 12.8 Å². The molecule has 0 aliphatic heterocycles. The van der Waals surface area contributed by atoms with Gasteiger partial charge in [-0.25, -0.2) is 0 Å². The molecule has 2 aromatic carbocycles. The molecule has 0 spiro atoms. The molecule has 0 bridgehead atoms. The van der Waals surface area contributed by atoms with Gasteiger partial charge >= 0.3 is 0 Å². The van der Waals surface area contributed by atoms with E-state index >= 15 is 0 Å². The van der Waals surface area contributed by atoms with Crippen molar-refractivity contribution in [3.63, 3.8) is 0 Å². The van der Waals surface area contributed by atoms with Crippen molar-refractivity contribution >= 4 is 23.2 Å². The number of carbonyl (C=O) groups excluding carboxylic acids is 1. The summed E-state index contributed by atoms with van der Waals surface area (Å²) in [7, 11) is 1.85. The second-order valence-electron chi connectivity index (χ2n) is 5.44. The number of nitrogen functional groups attached to an aromatic ring is 1. The molecule has 0 unspecified atom stereocenters. The number of rotatable bonds is 2. The monoisotopic (exact) mass is 300 g/mol. The van der Waals surface area contributed by atoms with Gasteiger partial charge in [0.15, 0.2) is 0 Å². The zero-order chi connectivity index (χ0) is 15.0. The number of benzene rings is 2. The average Bonchev–Trinajstić information content (AvgIpc) is 2.89. The minimum Gasteiger partial charge on any atom is -0.399 e. The number of hydrogen-bond acceptors (Lipinski definition) is 2. The lowest BCUT2D eigenvalue weighted by atomic mass is 10.1. The Balaban J connectivity index is 1.85. The van der Waals surface area contributed by atoms with Crippen LogP contribution in [0.5, 0.6) is 0 Å². The van der Waals surface area contributed by atoms with Gasteiger partial charge in [0.05, 0.1) is 6.04 Å². The summed E-state index contributed by atoms with van der Waals surface area (Å²) in [5, 5.41) is 0.752. The van der Waals surface area contributed by atoms with Crippen molar-refractivity contribution in [3.8, 4) is 0 Å². The van der Waals surface area contributed by atoms with Gasteiger partial charge in [-0.2, -0.15) is 0 Å². The van der Waals surface area contributed by atoms with E-state index in [1.165, 1.54) is 11.1 Å². The summed E-state index contributed by atoms with van der Waals surface area (Å²) in [6.45, 7) is 0. The summed E-state index contributed by atoms with van der Waals surface area (Å²) in [5.41, 5.74) is 9.43. The van der Waals surface area contributed by atoms with Gasteiger partial charge in [0.25, 0.3) is 5.91 Å². The molecule has 21 heavy (non-hydrogen) atoms. The quantitative estimate of drug-likeness (QED) is 0.860. The van der Waals surface area contributed by atoms with Crippen LogP contribution in [0.3, 0.4) is 0 Å². The predicted molar refractivity (Wildman–Crippen MR) is 85.5 cm³/mol. The predicted octanol–water partition coefficient (Wildman–Crippen LogP) is 3.68. The van der Waals surface area contributed by atoms with E-state index in [1.54, 1.807) is 24.3 Å². The van der Waals surface area contributed by atoms with Crippen LogP contribution in [0.4, 0.5) is 5.69 Å². The molecule has 3 rings (SSSR count). The first kappa shape index (κ1) is 14.0. The van der Waals surface area contributed by atoms with E-state index in [-0.39, 0.29) is 11.9 Å². The third kappa shape index (κ3) is 2.61. The summed E-state index contributed by atoms with van der Waals surface area (Å²) in [6, 6.07) is 13.1. The molecule has 1 aliphatic rings. The van der Waals surface area contributed by atoms with Gasteiger partial charge in [-0.05, 0) is 60.4 Å². The lowest BCUT2D eigenvalue weighted by Gasteiger charge is -2.25. The second-order valence-corrected chi connectivity index (χ2v) is 5.87. The lowest BCUT2D eigenvalue weighted by Crippen LogP contribution is -2.30. The van der Waals surface area contributed by atoms with Crippen molar-refractivity contribution < 1.29 is 4.79 Å². The fourth-order valence-electron chi connectivity index (χ4n) is 2.94. The summed E-state index contributed by atoms with van der Waals surface area (Å²) in [4.78, 5) is 14.4. The van der Waals surface area contributed by atoms with Crippen LogP contribution in [-0.4, -0.2) is 17.9 Å². The number of nitrogens with two attached hydrogens (primary N) is 1. The lowest BCUT2D eigenvalue weighted by molar-refractivity contribution is 0.0730. The molecule has 0 heterocycles. The Labute approximate surface area is 129 Å². The van der Waals surface area contributed by atoms with Crippen LogP contribution >= 0.6 is 11.6 Å². The zero-order valence-electron chi connectivity index (χ0n) is 11.8. The highest BCUT2D eigenvalue weighted by molar-refractivity contribution is 6.30. The Morgan fingerprint density at radius 1 is 1.24 bits per heavy atom. The fourth-order valence-corrected chi connectivity index (χ4v) is 3.13. The molecule has 0 saturated carbocycles. The smallest absolute Gasteiger partial charge is 0.254 e. The number of anilines is 1. The first-order valence-corrected chi connectivity index (χ1v) is 7.35. The molecule has 0 radical (unpaired) electrons. The van der Waals surface area contributed by atoms with E-state index in [2.05, 4.69) is 0 Å². The van der Waals surface area contributed by atoms with Crippen LogP contribution in [0, 0.1) is 0 Å². The number of fused-ring (bicyclic) bond motifs is 1. The molecule has 0 fully saturated rings. The van der Waals surface area contributed by atoms with Crippen molar-refractivity contribution in [1.29, 1.82) is 0 Å². The van der Waals surface area contributed by atoms with Crippen LogP contribution in [-0.2, 0) is 6.42 Å². The van der Waals surface area contributed by atoms with Gasteiger partial charge in [-0.1, -0.05) is 17.7 Å². The van der Waals surface area contributed by atoms with Gasteiger partial charge in [0, 0.05) is 23.3 Å². The fraction of sp³-hybridized carbons (Fsp3) is 0.235. The SMILES string of the molecule is CN(C(=O)c1ccc(N)cc1)[C@@H]1CCc2cc(Cl)ccc21. The molecule has 2 aromatic rings. The van der Waals surface area contributed by atoms with E-state index in [4.69, 9.17) is 17.3 Å². The van der Waals surface area contributed by atoms with Crippen LogP contribution in [0.15, 0.2) is 42.5 Å². The molecule has 2 N–H and O–H groups in total. The van der Waals surface area contributed by atoms with Gasteiger partial charge in [0.2, 0.25) is 0 Å². The highest BCUT2D eigenvalue weighted by Crippen LogP contribution is 2.36. The minimum absolute atomic E-state index is 0.0165. The van der Waals surface area contributed by atoms with Crippen molar-refractivity contribution in [2.24, 2.45) is 0 Å². The Kier molecular flexibility index (Phi) is 3.60. The maximum Gasteiger partial charge on any atom is 0.254 e. The normalized spacial score (nSPS) is 16.6. The number of aryl methyl sites for hydroxylation is 1. The van der Waals surface area contributed by atoms with E-state index in [9.17, 15) is 4.79 Å². The molecular weight excluding hydrogens is 284 g/mol. The van der Waals surface area contributed by atoms with E-state index in [1.807, 2.05) is 30.1 Å². The third-order valence-corrected chi connectivity index (χ3v) is 4.33. The Morgan fingerprint density at radius 3 is 2.67 bits per heavy atom. The summed E-state index contributed by atoms with van der Waals surface area (Å²) in [6.07, 6.45) is 1.90. The largest absolute Gasteiger partial charge is 0.399 e. The molecular formula is C17H17ClN2O. The van der Waals surface area contributed by atoms with E-state index < -0.39 is 0 Å². The number of amides is 1. The molecule has 0 aromatic heterocycles. The van der Waals surface area contributed by atoms with E-state index in [0.717, 1.165) is 17.9 Å². The topological polar surface area (TPSA) is 46.3 Å². The number of halogens is 1. The highest BCUT2D eigenvalue weighted by Gasteiger charge is 2.29. The maximum absolute atomic E-state index is 12.6. The number of carbonyl (C=O) groups is 1. The zero-order valence-corrected chi connectivity index (χ0v) is 12.6. The summed E-state index contributed by atoms with van der Waals surface area (Å²) < 4.78 is 0. The van der Waals surface area contributed by atoms with Crippen LogP contribution < -0.4 is 5.73 Å². The van der Waals surface area contributed by atoms with Gasteiger partial charge < -0.3 is 10.6 Å². The Bertz CT molecular complexity index is 682. The second kappa shape index (κ2) is 5.41. The van der Waals surface area contributed by atoms with Gasteiger partial charge in [-0.15, -0.1) is 0 Å². The number of nitrogens with zero attached hydrogens (tertiary/aromatic N) is 1. The van der Waals surface area contributed by atoms with Crippen molar-refractivity contribution in [2.45, 2.75) is 18.9 Å². The third-order valence-electron chi connectivity index (χ3n) is 4.10. The maximum atomic E-state index is 12.6. The highest BCUT2D eigenvalue weighted by atomic mass is 35.5. The average molecular weight is 301 g/mol.